The van der Waals surface area contributed by atoms with E-state index in [0.717, 1.165) is 33.9 Å². The average molecular weight is 627 g/mol. The third-order valence-electron chi connectivity index (χ3n) is 8.10. The Morgan fingerprint density at radius 1 is 0.614 bits per heavy atom. The van der Waals surface area contributed by atoms with Gasteiger partial charge in [-0.15, -0.1) is 0 Å². The molecule has 0 aromatic heterocycles. The van der Waals surface area contributed by atoms with Crippen molar-refractivity contribution in [3.63, 3.8) is 0 Å². The highest BCUT2D eigenvalue weighted by Crippen LogP contribution is 2.37. The van der Waals surface area contributed by atoms with Gasteiger partial charge < -0.3 is 38.0 Å². The Labute approximate surface area is 264 Å². The highest BCUT2D eigenvalue weighted by Gasteiger charge is 2.39. The number of rotatable bonds is 18. The molecule has 0 spiro atoms. The van der Waals surface area contributed by atoms with Crippen LogP contribution in [0.5, 0.6) is 17.2 Å². The second-order valence-corrected chi connectivity index (χ2v) is 17.1. The molecule has 44 heavy (non-hydrogen) atoms. The first-order valence-corrected chi connectivity index (χ1v) is 17.9. The molecule has 0 amide bonds. The van der Waals surface area contributed by atoms with Crippen LogP contribution in [0.4, 0.5) is 0 Å². The lowest BCUT2D eigenvalue weighted by Crippen LogP contribution is -2.49. The second kappa shape index (κ2) is 17.0. The zero-order chi connectivity index (χ0) is 32.2. The summed E-state index contributed by atoms with van der Waals surface area (Å²) in [5, 5.41) is 11.5. The summed E-state index contributed by atoms with van der Waals surface area (Å²) in [4.78, 5) is 0. The fourth-order valence-electron chi connectivity index (χ4n) is 4.16. The molecule has 3 aromatic carbocycles. The number of aliphatic hydroxyl groups excluding tert-OH is 1. The molecule has 0 heterocycles. The van der Waals surface area contributed by atoms with Crippen LogP contribution in [0.3, 0.4) is 0 Å². The zero-order valence-electron chi connectivity index (χ0n) is 27.5. The predicted molar refractivity (Wildman–Crippen MR) is 175 cm³/mol. The van der Waals surface area contributed by atoms with E-state index in [9.17, 15) is 5.11 Å². The summed E-state index contributed by atoms with van der Waals surface area (Å²) in [7, 11) is 2.78. The van der Waals surface area contributed by atoms with E-state index in [1.165, 1.54) is 0 Å². The highest BCUT2D eigenvalue weighted by atomic mass is 28.4. The molecule has 0 saturated carbocycles. The van der Waals surface area contributed by atoms with Crippen LogP contribution in [-0.2, 0) is 38.5 Å². The molecule has 3 rings (SSSR count). The van der Waals surface area contributed by atoms with E-state index in [2.05, 4.69) is 33.9 Å². The first-order valence-electron chi connectivity index (χ1n) is 15.0. The molecular weight excluding hydrogens is 576 g/mol. The number of methoxy groups -OCH3 is 3. The lowest BCUT2D eigenvalue weighted by atomic mass is 10.1. The van der Waals surface area contributed by atoms with Crippen LogP contribution in [0.1, 0.15) is 37.5 Å². The minimum Gasteiger partial charge on any atom is -0.497 e. The van der Waals surface area contributed by atoms with E-state index >= 15 is 0 Å². The molecule has 0 aliphatic carbocycles. The number of aliphatic hydroxyl groups is 1. The second-order valence-electron chi connectivity index (χ2n) is 12.3. The van der Waals surface area contributed by atoms with Crippen LogP contribution < -0.4 is 14.2 Å². The van der Waals surface area contributed by atoms with Crippen LogP contribution in [0.15, 0.2) is 72.8 Å². The Bertz CT molecular complexity index is 1220. The van der Waals surface area contributed by atoms with Gasteiger partial charge in [-0.25, -0.2) is 0 Å². The summed E-state index contributed by atoms with van der Waals surface area (Å²) in [6.07, 6.45) is -2.27. The summed E-state index contributed by atoms with van der Waals surface area (Å²) in [6.45, 7) is 12.3. The first-order chi connectivity index (χ1) is 21.0. The van der Waals surface area contributed by atoms with E-state index in [1.54, 1.807) is 21.3 Å². The zero-order valence-corrected chi connectivity index (χ0v) is 28.5. The quantitative estimate of drug-likeness (QED) is 0.155. The third-order valence-corrected chi connectivity index (χ3v) is 12.6. The summed E-state index contributed by atoms with van der Waals surface area (Å²) in [5.41, 5.74) is 2.89. The van der Waals surface area contributed by atoms with Gasteiger partial charge in [-0.05, 0) is 71.2 Å². The highest BCUT2D eigenvalue weighted by molar-refractivity contribution is 6.74. The lowest BCUT2D eigenvalue weighted by molar-refractivity contribution is -0.156. The van der Waals surface area contributed by atoms with Crippen LogP contribution >= 0.6 is 0 Å². The van der Waals surface area contributed by atoms with Gasteiger partial charge in [-0.2, -0.15) is 0 Å². The van der Waals surface area contributed by atoms with Crippen LogP contribution in [0.25, 0.3) is 0 Å². The summed E-state index contributed by atoms with van der Waals surface area (Å²) >= 11 is 0. The molecule has 8 nitrogen and oxygen atoms in total. The molecule has 0 aliphatic heterocycles. The molecule has 0 fully saturated rings. The first kappa shape index (κ1) is 35.6. The van der Waals surface area contributed by atoms with Gasteiger partial charge in [0.15, 0.2) is 8.32 Å². The molecule has 0 saturated heterocycles. The fraction of sp³-hybridized carbons (Fsp3) is 0.486. The standard InChI is InChI=1S/C35H50O8Si/c1-35(2,3)44(7,8)43-25-33(41-22-27-11-17-30(38-5)18-12-27)34(42-23-28-13-19-31(39-6)20-14-28)32(36)24-40-21-26-9-15-29(37-4)16-10-26/h9-20,32-34,36H,21-25H2,1-8H3/t32-,33-,34-/m1/s1. The Morgan fingerprint density at radius 2 is 1.02 bits per heavy atom. The van der Waals surface area contributed by atoms with Gasteiger partial charge in [0.2, 0.25) is 0 Å². The summed E-state index contributed by atoms with van der Waals surface area (Å²) in [5.74, 6) is 2.32. The topological polar surface area (TPSA) is 84.8 Å². The number of ether oxygens (including phenoxy) is 6. The van der Waals surface area contributed by atoms with E-state index < -0.39 is 26.6 Å². The molecule has 0 radical (unpaired) electrons. The molecule has 0 bridgehead atoms. The number of hydrogen-bond acceptors (Lipinski definition) is 8. The molecule has 1 N–H and O–H groups in total. The van der Waals surface area contributed by atoms with Crippen LogP contribution in [0, 0.1) is 0 Å². The van der Waals surface area contributed by atoms with Crippen molar-refractivity contribution in [1.82, 2.24) is 0 Å². The molecule has 3 aromatic rings. The Balaban J connectivity index is 1.81. The van der Waals surface area contributed by atoms with Crippen molar-refractivity contribution in [1.29, 1.82) is 0 Å². The van der Waals surface area contributed by atoms with Crippen molar-refractivity contribution in [2.24, 2.45) is 0 Å². The Hall–Kier alpha value is -2.92. The van der Waals surface area contributed by atoms with Gasteiger partial charge in [0.05, 0.1) is 54.4 Å². The van der Waals surface area contributed by atoms with Gasteiger partial charge in [0.25, 0.3) is 0 Å². The van der Waals surface area contributed by atoms with Gasteiger partial charge >= 0.3 is 0 Å². The lowest BCUT2D eigenvalue weighted by Gasteiger charge is -2.39. The fourth-order valence-corrected chi connectivity index (χ4v) is 5.18. The van der Waals surface area contributed by atoms with Crippen LogP contribution in [-0.4, -0.2) is 66.3 Å². The van der Waals surface area contributed by atoms with E-state index in [0.29, 0.717) is 13.2 Å². The minimum absolute atomic E-state index is 0.00702. The summed E-state index contributed by atoms with van der Waals surface area (Å²) < 4.78 is 41.4. The SMILES string of the molecule is COc1ccc(COC[C@@H](O)[C@@H](OCc2ccc(OC)cc2)[C@@H](CO[Si](C)(C)C(C)(C)C)OCc2ccc(OC)cc2)cc1. The average Bonchev–Trinajstić information content (AvgIpc) is 3.02. The monoisotopic (exact) mass is 626 g/mol. The van der Waals surface area contributed by atoms with Crippen molar-refractivity contribution < 1.29 is 38.0 Å². The Kier molecular flexibility index (Phi) is 13.7. The molecule has 9 heteroatoms. The number of hydrogen-bond donors (Lipinski definition) is 1. The van der Waals surface area contributed by atoms with E-state index in [-0.39, 0.29) is 24.9 Å². The van der Waals surface area contributed by atoms with Crippen LogP contribution in [0.2, 0.25) is 18.1 Å². The maximum absolute atomic E-state index is 11.5. The Morgan fingerprint density at radius 3 is 1.43 bits per heavy atom. The van der Waals surface area contributed by atoms with Gasteiger partial charge in [-0.1, -0.05) is 57.2 Å². The molecule has 3 atom stereocenters. The van der Waals surface area contributed by atoms with Crippen molar-refractivity contribution >= 4 is 8.32 Å². The smallest absolute Gasteiger partial charge is 0.192 e. The van der Waals surface area contributed by atoms with Gasteiger partial charge in [0.1, 0.15) is 35.6 Å². The van der Waals surface area contributed by atoms with Crippen molar-refractivity contribution in [2.75, 3.05) is 34.5 Å². The molecule has 242 valence electrons. The number of benzene rings is 3. The van der Waals surface area contributed by atoms with Crippen molar-refractivity contribution in [2.45, 2.75) is 77.0 Å². The molecule has 0 aliphatic rings. The molecular formula is C35H50O8Si. The van der Waals surface area contributed by atoms with Gasteiger partial charge in [0, 0.05) is 0 Å². The predicted octanol–water partition coefficient (Wildman–Crippen LogP) is 6.78. The van der Waals surface area contributed by atoms with Crippen molar-refractivity contribution in [3.05, 3.63) is 89.5 Å². The maximum atomic E-state index is 11.5. The minimum atomic E-state index is -2.13. The molecule has 0 unspecified atom stereocenters. The summed E-state index contributed by atoms with van der Waals surface area (Å²) in [6, 6.07) is 23.1. The van der Waals surface area contributed by atoms with Crippen molar-refractivity contribution in [3.8, 4) is 17.2 Å². The van der Waals surface area contributed by atoms with Gasteiger partial charge in [-0.3, -0.25) is 0 Å². The van der Waals surface area contributed by atoms with E-state index in [1.807, 2.05) is 72.8 Å². The largest absolute Gasteiger partial charge is 0.497 e. The van der Waals surface area contributed by atoms with E-state index in [4.69, 9.17) is 32.8 Å². The maximum Gasteiger partial charge on any atom is 0.192 e. The third kappa shape index (κ3) is 10.9. The normalized spacial score (nSPS) is 14.1.